The van der Waals surface area contributed by atoms with E-state index in [2.05, 4.69) is 20.9 Å². The number of amides is 2. The van der Waals surface area contributed by atoms with E-state index in [-0.39, 0.29) is 24.1 Å². The molecule has 118 valence electrons. The van der Waals surface area contributed by atoms with Crippen LogP contribution in [0.3, 0.4) is 0 Å². The predicted molar refractivity (Wildman–Crippen MR) is 83.5 cm³/mol. The van der Waals surface area contributed by atoms with Crippen LogP contribution in [0.4, 0.5) is 4.79 Å². The molecule has 3 rings (SSSR count). The molecule has 0 aliphatic carbocycles. The van der Waals surface area contributed by atoms with Gasteiger partial charge in [0, 0.05) is 36.0 Å². The Hall–Kier alpha value is -1.63. The molecule has 0 radical (unpaired) electrons. The van der Waals surface area contributed by atoms with Crippen molar-refractivity contribution in [2.24, 2.45) is 0 Å². The average Bonchev–Trinajstić information content (AvgIpc) is 2.86. The van der Waals surface area contributed by atoms with Crippen molar-refractivity contribution in [1.29, 1.82) is 0 Å². The monoisotopic (exact) mass is 367 g/mol. The molecule has 2 fully saturated rings. The Labute approximate surface area is 137 Å². The third-order valence-electron chi connectivity index (χ3n) is 4.23. The second-order valence-electron chi connectivity index (χ2n) is 5.75. The Bertz CT molecular complexity index is 587. The number of pyridine rings is 1. The van der Waals surface area contributed by atoms with Crippen LogP contribution in [-0.4, -0.2) is 58.6 Å². The number of piperidine rings is 1. The van der Waals surface area contributed by atoms with E-state index in [9.17, 15) is 9.59 Å². The van der Waals surface area contributed by atoms with E-state index in [0.29, 0.717) is 25.3 Å². The Morgan fingerprint density at radius 2 is 2.09 bits per heavy atom. The van der Waals surface area contributed by atoms with Gasteiger partial charge in [-0.15, -0.1) is 0 Å². The fraction of sp³-hybridized carbons (Fsp3) is 0.533. The molecule has 2 aliphatic rings. The van der Waals surface area contributed by atoms with E-state index in [1.54, 1.807) is 18.5 Å². The molecular weight excluding hydrogens is 350 g/mol. The first-order valence-corrected chi connectivity index (χ1v) is 8.20. The molecule has 22 heavy (non-hydrogen) atoms. The molecule has 2 amide bonds. The normalized spacial score (nSPS) is 22.8. The summed E-state index contributed by atoms with van der Waals surface area (Å²) in [4.78, 5) is 31.9. The third-order valence-corrected chi connectivity index (χ3v) is 4.66. The molecule has 1 aromatic heterocycles. The summed E-state index contributed by atoms with van der Waals surface area (Å²) in [5.41, 5.74) is 0.585. The first-order valence-electron chi connectivity index (χ1n) is 7.41. The summed E-state index contributed by atoms with van der Waals surface area (Å²) in [7, 11) is 0. The van der Waals surface area contributed by atoms with E-state index in [0.717, 1.165) is 17.3 Å². The zero-order valence-corrected chi connectivity index (χ0v) is 14.0. The standard InChI is InChI=1S/C15H18BrN3O3/c1-10-9-22-15(21)19(10)13-2-4-18(5-3-13)14(20)11-6-12(16)8-17-7-11/h6-8,10,13H,2-5,9H2,1H3. The SMILES string of the molecule is CC1COC(=O)N1C1CCN(C(=O)c2cncc(Br)c2)CC1. The Kier molecular flexibility index (Phi) is 4.33. The van der Waals surface area contributed by atoms with Gasteiger partial charge in [-0.05, 0) is 41.8 Å². The fourth-order valence-electron chi connectivity index (χ4n) is 3.09. The van der Waals surface area contributed by atoms with E-state index in [1.807, 2.05) is 16.7 Å². The van der Waals surface area contributed by atoms with Crippen LogP contribution in [0.2, 0.25) is 0 Å². The first-order chi connectivity index (χ1) is 10.6. The molecule has 2 aliphatic heterocycles. The minimum Gasteiger partial charge on any atom is -0.447 e. The summed E-state index contributed by atoms with van der Waals surface area (Å²) in [6.45, 7) is 3.75. The summed E-state index contributed by atoms with van der Waals surface area (Å²) >= 11 is 3.33. The molecule has 2 saturated heterocycles. The van der Waals surface area contributed by atoms with Gasteiger partial charge in [0.25, 0.3) is 5.91 Å². The molecule has 1 atom stereocenters. The number of ether oxygens (including phenoxy) is 1. The number of nitrogens with zero attached hydrogens (tertiary/aromatic N) is 3. The maximum Gasteiger partial charge on any atom is 0.410 e. The van der Waals surface area contributed by atoms with Gasteiger partial charge >= 0.3 is 6.09 Å². The topological polar surface area (TPSA) is 62.7 Å². The number of hydrogen-bond donors (Lipinski definition) is 0. The molecular formula is C15H18BrN3O3. The van der Waals surface area contributed by atoms with Crippen molar-refractivity contribution >= 4 is 27.9 Å². The number of hydrogen-bond acceptors (Lipinski definition) is 4. The first kappa shape index (κ1) is 15.3. The Balaban J connectivity index is 1.62. The van der Waals surface area contributed by atoms with Gasteiger partial charge in [-0.2, -0.15) is 0 Å². The van der Waals surface area contributed by atoms with E-state index in [1.165, 1.54) is 0 Å². The van der Waals surface area contributed by atoms with Gasteiger partial charge < -0.3 is 9.64 Å². The summed E-state index contributed by atoms with van der Waals surface area (Å²) in [6.07, 6.45) is 4.58. The summed E-state index contributed by atoms with van der Waals surface area (Å²) < 4.78 is 5.87. The smallest absolute Gasteiger partial charge is 0.410 e. The zero-order chi connectivity index (χ0) is 15.7. The van der Waals surface area contributed by atoms with Crippen molar-refractivity contribution in [2.75, 3.05) is 19.7 Å². The van der Waals surface area contributed by atoms with Gasteiger partial charge in [0.1, 0.15) is 6.61 Å². The van der Waals surface area contributed by atoms with Gasteiger partial charge in [0.15, 0.2) is 0 Å². The fourth-order valence-corrected chi connectivity index (χ4v) is 3.46. The van der Waals surface area contributed by atoms with E-state index in [4.69, 9.17) is 4.74 Å². The summed E-state index contributed by atoms with van der Waals surface area (Å²) in [6, 6.07) is 2.06. The lowest BCUT2D eigenvalue weighted by atomic mass is 10.0. The van der Waals surface area contributed by atoms with E-state index < -0.39 is 0 Å². The molecule has 0 saturated carbocycles. The lowest BCUT2D eigenvalue weighted by Gasteiger charge is -2.37. The van der Waals surface area contributed by atoms with Crippen LogP contribution in [0.5, 0.6) is 0 Å². The molecule has 6 nitrogen and oxygen atoms in total. The molecule has 1 unspecified atom stereocenters. The molecule has 0 spiro atoms. The van der Waals surface area contributed by atoms with Gasteiger partial charge in [-0.1, -0.05) is 0 Å². The Morgan fingerprint density at radius 1 is 1.36 bits per heavy atom. The molecule has 1 aromatic rings. The molecule has 3 heterocycles. The minimum absolute atomic E-state index is 0.00991. The summed E-state index contributed by atoms with van der Waals surface area (Å²) in [5.74, 6) is -0.00991. The highest BCUT2D eigenvalue weighted by atomic mass is 79.9. The largest absolute Gasteiger partial charge is 0.447 e. The number of likely N-dealkylation sites (tertiary alicyclic amines) is 1. The van der Waals surface area contributed by atoms with Crippen LogP contribution >= 0.6 is 15.9 Å². The van der Waals surface area contributed by atoms with Crippen LogP contribution in [0.15, 0.2) is 22.9 Å². The lowest BCUT2D eigenvalue weighted by Crippen LogP contribution is -2.49. The van der Waals surface area contributed by atoms with Crippen LogP contribution in [0.1, 0.15) is 30.1 Å². The molecule has 0 N–H and O–H groups in total. The molecule has 7 heteroatoms. The van der Waals surface area contributed by atoms with Crippen LogP contribution in [0.25, 0.3) is 0 Å². The number of carbonyl (C=O) groups is 2. The van der Waals surface area contributed by atoms with Gasteiger partial charge in [0.2, 0.25) is 0 Å². The van der Waals surface area contributed by atoms with Gasteiger partial charge in [-0.25, -0.2) is 4.79 Å². The highest BCUT2D eigenvalue weighted by molar-refractivity contribution is 9.10. The van der Waals surface area contributed by atoms with Gasteiger partial charge in [0.05, 0.1) is 11.6 Å². The van der Waals surface area contributed by atoms with Crippen LogP contribution in [-0.2, 0) is 4.74 Å². The highest BCUT2D eigenvalue weighted by Crippen LogP contribution is 2.24. The second-order valence-corrected chi connectivity index (χ2v) is 6.66. The van der Waals surface area contributed by atoms with Crippen molar-refractivity contribution < 1.29 is 14.3 Å². The van der Waals surface area contributed by atoms with Crippen molar-refractivity contribution in [3.63, 3.8) is 0 Å². The van der Waals surface area contributed by atoms with Crippen molar-refractivity contribution in [3.05, 3.63) is 28.5 Å². The summed E-state index contributed by atoms with van der Waals surface area (Å²) in [5, 5.41) is 0. The van der Waals surface area contributed by atoms with Crippen molar-refractivity contribution in [3.8, 4) is 0 Å². The van der Waals surface area contributed by atoms with Crippen molar-refractivity contribution in [2.45, 2.75) is 31.8 Å². The van der Waals surface area contributed by atoms with Crippen LogP contribution in [0, 0.1) is 0 Å². The van der Waals surface area contributed by atoms with E-state index >= 15 is 0 Å². The number of aromatic nitrogens is 1. The zero-order valence-electron chi connectivity index (χ0n) is 12.4. The number of cyclic esters (lactones) is 1. The highest BCUT2D eigenvalue weighted by Gasteiger charge is 2.37. The van der Waals surface area contributed by atoms with Crippen molar-refractivity contribution in [1.82, 2.24) is 14.8 Å². The maximum absolute atomic E-state index is 12.5. The molecule has 0 aromatic carbocycles. The Morgan fingerprint density at radius 3 is 2.68 bits per heavy atom. The number of halogens is 1. The molecule has 0 bridgehead atoms. The predicted octanol–water partition coefficient (Wildman–Crippen LogP) is 2.29. The minimum atomic E-state index is -0.228. The quantitative estimate of drug-likeness (QED) is 0.804. The maximum atomic E-state index is 12.5. The second kappa shape index (κ2) is 6.24. The average molecular weight is 368 g/mol. The third kappa shape index (κ3) is 2.95. The lowest BCUT2D eigenvalue weighted by molar-refractivity contribution is 0.0641. The number of carbonyl (C=O) groups excluding carboxylic acids is 2. The van der Waals surface area contributed by atoms with Crippen LogP contribution < -0.4 is 0 Å². The van der Waals surface area contributed by atoms with Gasteiger partial charge in [-0.3, -0.25) is 14.7 Å². The number of rotatable bonds is 2.